The minimum atomic E-state index is 0.652. The van der Waals surface area contributed by atoms with Crippen LogP contribution >= 0.6 is 15.9 Å². The molecule has 0 unspecified atom stereocenters. The maximum Gasteiger partial charge on any atom is 0.227 e. The molecule has 1 N–H and O–H groups in total. The Morgan fingerprint density at radius 3 is 2.65 bits per heavy atom. The molecule has 0 fully saturated rings. The van der Waals surface area contributed by atoms with E-state index in [0.717, 1.165) is 42.9 Å². The molecule has 0 aliphatic carbocycles. The first-order chi connectivity index (χ1) is 11.3. The number of benzene rings is 3. The van der Waals surface area contributed by atoms with Crippen molar-refractivity contribution in [2.75, 3.05) is 0 Å². The number of fused-ring (bicyclic) bond motifs is 5. The molecule has 2 aromatic heterocycles. The minimum absolute atomic E-state index is 0.652. The van der Waals surface area contributed by atoms with Crippen LogP contribution in [0.25, 0.3) is 44.4 Å². The number of H-pyrrole nitrogens is 1. The van der Waals surface area contributed by atoms with E-state index >= 15 is 0 Å². The van der Waals surface area contributed by atoms with Gasteiger partial charge in [-0.1, -0.05) is 40.2 Å². The normalized spacial score (nSPS) is 11.7. The maximum atomic E-state index is 5.97. The van der Waals surface area contributed by atoms with Gasteiger partial charge >= 0.3 is 0 Å². The fraction of sp³-hybridized carbons (Fsp3) is 0. The molecule has 3 nitrogen and oxygen atoms in total. The molecule has 0 aliphatic rings. The molecule has 5 rings (SSSR count). The van der Waals surface area contributed by atoms with Crippen LogP contribution in [0.5, 0.6) is 0 Å². The Hall–Kier alpha value is -2.59. The first-order valence-corrected chi connectivity index (χ1v) is 8.15. The molecular weight excluding hydrogens is 352 g/mol. The van der Waals surface area contributed by atoms with Crippen LogP contribution in [-0.2, 0) is 0 Å². The molecule has 2 heterocycles. The third kappa shape index (κ3) is 1.92. The molecule has 4 heteroatoms. The zero-order valence-corrected chi connectivity index (χ0v) is 13.6. The maximum absolute atomic E-state index is 5.97. The van der Waals surface area contributed by atoms with Gasteiger partial charge in [0.25, 0.3) is 0 Å². The lowest BCUT2D eigenvalue weighted by Gasteiger charge is -1.92. The Bertz CT molecular complexity index is 1170. The monoisotopic (exact) mass is 362 g/mol. The summed E-state index contributed by atoms with van der Waals surface area (Å²) in [5, 5.41) is 2.26. The molecular formula is C19H11BrN2O. The fourth-order valence-electron chi connectivity index (χ4n) is 3.06. The van der Waals surface area contributed by atoms with Crippen LogP contribution in [0.4, 0.5) is 0 Å². The van der Waals surface area contributed by atoms with Crippen molar-refractivity contribution >= 4 is 48.8 Å². The molecule has 23 heavy (non-hydrogen) atoms. The molecule has 0 bridgehead atoms. The lowest BCUT2D eigenvalue weighted by Crippen LogP contribution is -1.76. The molecule has 0 amide bonds. The molecule has 0 aliphatic heterocycles. The van der Waals surface area contributed by atoms with Gasteiger partial charge in [0, 0.05) is 31.8 Å². The molecule has 0 saturated carbocycles. The Morgan fingerprint density at radius 1 is 0.913 bits per heavy atom. The van der Waals surface area contributed by atoms with Gasteiger partial charge in [0.2, 0.25) is 5.89 Å². The molecule has 0 radical (unpaired) electrons. The summed E-state index contributed by atoms with van der Waals surface area (Å²) in [7, 11) is 0. The van der Waals surface area contributed by atoms with Crippen LogP contribution in [0.3, 0.4) is 0 Å². The quantitative estimate of drug-likeness (QED) is 0.403. The van der Waals surface area contributed by atoms with E-state index in [1.165, 1.54) is 0 Å². The number of nitrogens with one attached hydrogen (secondary N) is 1. The van der Waals surface area contributed by atoms with Crippen molar-refractivity contribution in [2.24, 2.45) is 0 Å². The van der Waals surface area contributed by atoms with Gasteiger partial charge in [-0.05, 0) is 36.4 Å². The van der Waals surface area contributed by atoms with Crippen LogP contribution < -0.4 is 0 Å². The van der Waals surface area contributed by atoms with Crippen molar-refractivity contribution in [3.63, 3.8) is 0 Å². The average molecular weight is 363 g/mol. The molecule has 0 saturated heterocycles. The summed E-state index contributed by atoms with van der Waals surface area (Å²) in [6.45, 7) is 0. The average Bonchev–Trinajstić information content (AvgIpc) is 3.15. The Morgan fingerprint density at radius 2 is 1.78 bits per heavy atom. The second kappa shape index (κ2) is 4.70. The SMILES string of the molecule is Brc1ccc2c(c1)[nH]c1ccc3oc(-c4ccccc4)nc3c12. The largest absolute Gasteiger partial charge is 0.436 e. The third-order valence-electron chi connectivity index (χ3n) is 4.10. The van der Waals surface area contributed by atoms with Gasteiger partial charge in [0.1, 0.15) is 5.52 Å². The van der Waals surface area contributed by atoms with Crippen molar-refractivity contribution in [2.45, 2.75) is 0 Å². The lowest BCUT2D eigenvalue weighted by molar-refractivity contribution is 0.620. The summed E-state index contributed by atoms with van der Waals surface area (Å²) in [5.74, 6) is 0.652. The van der Waals surface area contributed by atoms with Crippen molar-refractivity contribution in [3.8, 4) is 11.5 Å². The van der Waals surface area contributed by atoms with Crippen molar-refractivity contribution in [1.29, 1.82) is 0 Å². The highest BCUT2D eigenvalue weighted by molar-refractivity contribution is 9.10. The van der Waals surface area contributed by atoms with E-state index in [4.69, 9.17) is 9.40 Å². The van der Waals surface area contributed by atoms with Crippen LogP contribution in [0.15, 0.2) is 69.6 Å². The number of aromatic amines is 1. The zero-order valence-electron chi connectivity index (χ0n) is 12.0. The third-order valence-corrected chi connectivity index (χ3v) is 4.60. The van der Waals surface area contributed by atoms with Crippen LogP contribution in [0.2, 0.25) is 0 Å². The number of hydrogen-bond acceptors (Lipinski definition) is 2. The van der Waals surface area contributed by atoms with Crippen molar-refractivity contribution in [3.05, 3.63) is 65.1 Å². The van der Waals surface area contributed by atoms with Gasteiger partial charge in [-0.25, -0.2) is 4.98 Å². The first-order valence-electron chi connectivity index (χ1n) is 7.35. The number of rotatable bonds is 1. The van der Waals surface area contributed by atoms with Crippen LogP contribution in [-0.4, -0.2) is 9.97 Å². The van der Waals surface area contributed by atoms with Gasteiger partial charge in [-0.2, -0.15) is 0 Å². The summed E-state index contributed by atoms with van der Waals surface area (Å²) in [6.07, 6.45) is 0. The summed E-state index contributed by atoms with van der Waals surface area (Å²) >= 11 is 3.52. The van der Waals surface area contributed by atoms with E-state index in [1.54, 1.807) is 0 Å². The van der Waals surface area contributed by atoms with Crippen LogP contribution in [0.1, 0.15) is 0 Å². The van der Waals surface area contributed by atoms with E-state index in [-0.39, 0.29) is 0 Å². The van der Waals surface area contributed by atoms with Gasteiger partial charge < -0.3 is 9.40 Å². The van der Waals surface area contributed by atoms with Gasteiger partial charge in [-0.15, -0.1) is 0 Å². The Kier molecular flexibility index (Phi) is 2.64. The molecule has 3 aromatic carbocycles. The number of hydrogen-bond donors (Lipinski definition) is 1. The van der Waals surface area contributed by atoms with Crippen molar-refractivity contribution in [1.82, 2.24) is 9.97 Å². The van der Waals surface area contributed by atoms with Crippen LogP contribution in [0, 0.1) is 0 Å². The zero-order chi connectivity index (χ0) is 15.4. The molecule has 110 valence electrons. The lowest BCUT2D eigenvalue weighted by atomic mass is 10.1. The minimum Gasteiger partial charge on any atom is -0.436 e. The number of oxazole rings is 1. The van der Waals surface area contributed by atoms with Gasteiger partial charge in [-0.3, -0.25) is 0 Å². The highest BCUT2D eigenvalue weighted by Crippen LogP contribution is 2.35. The van der Waals surface area contributed by atoms with E-state index in [0.29, 0.717) is 5.89 Å². The predicted molar refractivity (Wildman–Crippen MR) is 96.5 cm³/mol. The topological polar surface area (TPSA) is 41.8 Å². The second-order valence-corrected chi connectivity index (χ2v) is 6.45. The summed E-state index contributed by atoms with van der Waals surface area (Å²) < 4.78 is 7.02. The fourth-order valence-corrected chi connectivity index (χ4v) is 3.42. The Labute approximate surface area is 140 Å². The van der Waals surface area contributed by atoms with Crippen molar-refractivity contribution < 1.29 is 4.42 Å². The molecule has 5 aromatic rings. The smallest absolute Gasteiger partial charge is 0.227 e. The molecule has 0 atom stereocenters. The van der Waals surface area contributed by atoms with E-state index in [9.17, 15) is 0 Å². The standard InChI is InChI=1S/C19H11BrN2O/c20-12-6-7-13-15(10-12)21-14-8-9-16-18(17(13)14)22-19(23-16)11-4-2-1-3-5-11/h1-10,21H. The van der Waals surface area contributed by atoms with Gasteiger partial charge in [0.15, 0.2) is 5.58 Å². The number of halogens is 1. The molecule has 0 spiro atoms. The highest BCUT2D eigenvalue weighted by Gasteiger charge is 2.14. The summed E-state index contributed by atoms with van der Waals surface area (Å²) in [5.41, 5.74) is 4.85. The van der Waals surface area contributed by atoms with E-state index in [1.807, 2.05) is 48.5 Å². The summed E-state index contributed by atoms with van der Waals surface area (Å²) in [6, 6.07) is 20.2. The second-order valence-electron chi connectivity index (χ2n) is 5.53. The van der Waals surface area contributed by atoms with Gasteiger partial charge in [0.05, 0.1) is 0 Å². The highest BCUT2D eigenvalue weighted by atomic mass is 79.9. The van der Waals surface area contributed by atoms with E-state index in [2.05, 4.69) is 33.0 Å². The Balaban J connectivity index is 1.88. The van der Waals surface area contributed by atoms with E-state index < -0.39 is 0 Å². The summed E-state index contributed by atoms with van der Waals surface area (Å²) in [4.78, 5) is 8.21. The predicted octanol–water partition coefficient (Wildman–Crippen LogP) is 5.89. The first kappa shape index (κ1) is 12.9. The number of aromatic nitrogens is 2. The number of nitrogens with zero attached hydrogens (tertiary/aromatic N) is 1.